The number of methoxy groups -OCH3 is 1. The maximum absolute atomic E-state index is 12.4. The summed E-state index contributed by atoms with van der Waals surface area (Å²) in [6.07, 6.45) is 1.00. The highest BCUT2D eigenvalue weighted by Gasteiger charge is 2.21. The van der Waals surface area contributed by atoms with E-state index in [4.69, 9.17) is 4.42 Å². The Kier molecular flexibility index (Phi) is 4.56. The number of pyridine rings is 1. The van der Waals surface area contributed by atoms with E-state index in [9.17, 15) is 19.7 Å². The molecule has 0 atom stereocenters. The SMILES string of the molecule is COC(=O)c1cc([N+](=O)[O-])cn(Cc2nnc(-c3ccccc3)o2)c1=O. The lowest BCUT2D eigenvalue weighted by molar-refractivity contribution is -0.385. The number of hydrogen-bond donors (Lipinski definition) is 0. The van der Waals surface area contributed by atoms with Gasteiger partial charge in [0.05, 0.1) is 18.2 Å². The number of carbonyl (C=O) groups excluding carboxylic acids is 1. The molecular weight excluding hydrogens is 344 g/mol. The van der Waals surface area contributed by atoms with Crippen molar-refractivity contribution in [3.8, 4) is 11.5 Å². The lowest BCUT2D eigenvalue weighted by Gasteiger charge is -2.05. The molecule has 1 aromatic carbocycles. The van der Waals surface area contributed by atoms with Crippen molar-refractivity contribution in [2.75, 3.05) is 7.11 Å². The first-order valence-corrected chi connectivity index (χ1v) is 7.34. The fraction of sp³-hybridized carbons (Fsp3) is 0.125. The van der Waals surface area contributed by atoms with E-state index in [2.05, 4.69) is 14.9 Å². The Morgan fingerprint density at radius 1 is 1.31 bits per heavy atom. The van der Waals surface area contributed by atoms with E-state index >= 15 is 0 Å². The molecule has 0 aliphatic rings. The minimum absolute atomic E-state index is 0.0577. The van der Waals surface area contributed by atoms with Gasteiger partial charge in [0.25, 0.3) is 11.2 Å². The Balaban J connectivity index is 1.98. The number of benzene rings is 1. The van der Waals surface area contributed by atoms with E-state index in [1.54, 1.807) is 24.3 Å². The second kappa shape index (κ2) is 6.97. The predicted molar refractivity (Wildman–Crippen MR) is 87.5 cm³/mol. The van der Waals surface area contributed by atoms with Crippen LogP contribution >= 0.6 is 0 Å². The van der Waals surface area contributed by atoms with Crippen LogP contribution in [0, 0.1) is 10.1 Å². The second-order valence-corrected chi connectivity index (χ2v) is 5.16. The zero-order valence-corrected chi connectivity index (χ0v) is 13.5. The number of ether oxygens (including phenoxy) is 1. The summed E-state index contributed by atoms with van der Waals surface area (Å²) in [6.45, 7) is -0.232. The number of hydrogen-bond acceptors (Lipinski definition) is 8. The molecule has 0 saturated carbocycles. The molecule has 0 unspecified atom stereocenters. The molecule has 26 heavy (non-hydrogen) atoms. The fourth-order valence-corrected chi connectivity index (χ4v) is 2.25. The van der Waals surface area contributed by atoms with E-state index in [1.807, 2.05) is 6.07 Å². The van der Waals surface area contributed by atoms with Gasteiger partial charge in [-0.2, -0.15) is 0 Å². The topological polar surface area (TPSA) is 130 Å². The van der Waals surface area contributed by atoms with Crippen molar-refractivity contribution in [2.24, 2.45) is 0 Å². The molecule has 0 aliphatic heterocycles. The highest BCUT2D eigenvalue weighted by Crippen LogP contribution is 2.18. The lowest BCUT2D eigenvalue weighted by Crippen LogP contribution is -2.27. The Bertz CT molecular complexity index is 1020. The summed E-state index contributed by atoms with van der Waals surface area (Å²) in [7, 11) is 1.08. The Morgan fingerprint density at radius 3 is 2.69 bits per heavy atom. The van der Waals surface area contributed by atoms with Gasteiger partial charge < -0.3 is 9.15 Å². The molecule has 3 rings (SSSR count). The maximum Gasteiger partial charge on any atom is 0.343 e. The molecule has 0 amide bonds. The van der Waals surface area contributed by atoms with Crippen LogP contribution in [0.5, 0.6) is 0 Å². The monoisotopic (exact) mass is 356 g/mol. The van der Waals surface area contributed by atoms with Gasteiger partial charge in [0.1, 0.15) is 12.1 Å². The summed E-state index contributed by atoms with van der Waals surface area (Å²) in [4.78, 5) is 34.4. The highest BCUT2D eigenvalue weighted by atomic mass is 16.6. The summed E-state index contributed by atoms with van der Waals surface area (Å²) < 4.78 is 10.9. The number of aromatic nitrogens is 3. The minimum atomic E-state index is -0.969. The number of rotatable bonds is 5. The first-order valence-electron chi connectivity index (χ1n) is 7.34. The molecule has 0 N–H and O–H groups in total. The van der Waals surface area contributed by atoms with Crippen molar-refractivity contribution < 1.29 is 18.9 Å². The summed E-state index contributed by atoms with van der Waals surface area (Å²) in [5, 5.41) is 18.8. The van der Waals surface area contributed by atoms with Gasteiger partial charge in [-0.15, -0.1) is 10.2 Å². The van der Waals surface area contributed by atoms with Crippen molar-refractivity contribution in [1.82, 2.24) is 14.8 Å². The zero-order chi connectivity index (χ0) is 18.7. The van der Waals surface area contributed by atoms with Crippen LogP contribution in [-0.4, -0.2) is 32.8 Å². The van der Waals surface area contributed by atoms with Crippen LogP contribution in [-0.2, 0) is 11.3 Å². The quantitative estimate of drug-likeness (QED) is 0.383. The predicted octanol–water partition coefficient (Wildman–Crippen LogP) is 1.64. The Hall–Kier alpha value is -3.82. The minimum Gasteiger partial charge on any atom is -0.465 e. The van der Waals surface area contributed by atoms with Crippen LogP contribution in [0.1, 0.15) is 16.2 Å². The second-order valence-electron chi connectivity index (χ2n) is 5.16. The normalized spacial score (nSPS) is 10.5. The van der Waals surface area contributed by atoms with Gasteiger partial charge in [-0.05, 0) is 12.1 Å². The van der Waals surface area contributed by atoms with Crippen LogP contribution in [0.4, 0.5) is 5.69 Å². The van der Waals surface area contributed by atoms with Gasteiger partial charge in [-0.3, -0.25) is 19.5 Å². The number of carbonyl (C=O) groups is 1. The van der Waals surface area contributed by atoms with Crippen LogP contribution in [0.3, 0.4) is 0 Å². The van der Waals surface area contributed by atoms with Crippen LogP contribution in [0.15, 0.2) is 51.8 Å². The third-order valence-electron chi connectivity index (χ3n) is 3.48. The first kappa shape index (κ1) is 17.0. The van der Waals surface area contributed by atoms with Gasteiger partial charge in [0.15, 0.2) is 0 Å². The number of nitro groups is 1. The summed E-state index contributed by atoms with van der Waals surface area (Å²) in [6, 6.07) is 9.84. The van der Waals surface area contributed by atoms with Crippen LogP contribution < -0.4 is 5.56 Å². The standard InChI is InChI=1S/C16H12N4O6/c1-25-16(22)12-7-11(20(23)24)8-19(15(12)21)9-13-17-18-14(26-13)10-5-3-2-4-6-10/h2-8H,9H2,1H3. The summed E-state index contributed by atoms with van der Waals surface area (Å²) in [5.41, 5.74) is -0.966. The van der Waals surface area contributed by atoms with Crippen LogP contribution in [0.2, 0.25) is 0 Å². The number of nitrogens with zero attached hydrogens (tertiary/aromatic N) is 4. The molecule has 3 aromatic rings. The third kappa shape index (κ3) is 3.34. The average molecular weight is 356 g/mol. The number of esters is 1. The molecule has 10 heteroatoms. The molecule has 0 saturated heterocycles. The highest BCUT2D eigenvalue weighted by molar-refractivity contribution is 5.89. The van der Waals surface area contributed by atoms with Crippen molar-refractivity contribution in [1.29, 1.82) is 0 Å². The largest absolute Gasteiger partial charge is 0.465 e. The zero-order valence-electron chi connectivity index (χ0n) is 13.5. The van der Waals surface area contributed by atoms with Gasteiger partial charge in [-0.1, -0.05) is 18.2 Å². The molecule has 2 heterocycles. The third-order valence-corrected chi connectivity index (χ3v) is 3.48. The molecule has 0 radical (unpaired) electrons. The van der Waals surface area contributed by atoms with Crippen molar-refractivity contribution in [2.45, 2.75) is 6.54 Å². The molecular formula is C16H12N4O6. The average Bonchev–Trinajstić information content (AvgIpc) is 3.12. The molecule has 0 aliphatic carbocycles. The summed E-state index contributed by atoms with van der Waals surface area (Å²) >= 11 is 0. The van der Waals surface area contributed by atoms with Crippen molar-refractivity contribution in [3.05, 3.63) is 74.5 Å². The fourth-order valence-electron chi connectivity index (χ4n) is 2.25. The van der Waals surface area contributed by atoms with E-state index in [0.717, 1.165) is 23.9 Å². The lowest BCUT2D eigenvalue weighted by atomic mass is 10.2. The van der Waals surface area contributed by atoms with Crippen molar-refractivity contribution >= 4 is 11.7 Å². The molecule has 0 spiro atoms. The maximum atomic E-state index is 12.4. The van der Waals surface area contributed by atoms with E-state index in [-0.39, 0.29) is 18.3 Å². The molecule has 0 bridgehead atoms. The molecule has 132 valence electrons. The Morgan fingerprint density at radius 2 is 2.04 bits per heavy atom. The Labute approximate surface area is 145 Å². The van der Waals surface area contributed by atoms with Gasteiger partial charge in [0, 0.05) is 11.6 Å². The first-order chi connectivity index (χ1) is 12.5. The summed E-state index contributed by atoms with van der Waals surface area (Å²) in [5.74, 6) is -0.669. The van der Waals surface area contributed by atoms with E-state index in [0.29, 0.717) is 5.56 Å². The molecule has 2 aromatic heterocycles. The smallest absolute Gasteiger partial charge is 0.343 e. The van der Waals surface area contributed by atoms with Gasteiger partial charge in [-0.25, -0.2) is 4.79 Å². The van der Waals surface area contributed by atoms with Crippen molar-refractivity contribution in [3.63, 3.8) is 0 Å². The van der Waals surface area contributed by atoms with Gasteiger partial charge >= 0.3 is 5.97 Å². The van der Waals surface area contributed by atoms with E-state index < -0.39 is 27.7 Å². The molecule has 0 fully saturated rings. The van der Waals surface area contributed by atoms with Crippen LogP contribution in [0.25, 0.3) is 11.5 Å². The molecule has 10 nitrogen and oxygen atoms in total. The van der Waals surface area contributed by atoms with Gasteiger partial charge in [0.2, 0.25) is 11.8 Å². The van der Waals surface area contributed by atoms with E-state index in [1.165, 1.54) is 0 Å².